The van der Waals surface area contributed by atoms with E-state index in [2.05, 4.69) is 20.7 Å². The summed E-state index contributed by atoms with van der Waals surface area (Å²) >= 11 is 0. The predicted octanol–water partition coefficient (Wildman–Crippen LogP) is 2.29. The Balaban J connectivity index is 1.46. The van der Waals surface area contributed by atoms with E-state index in [4.69, 9.17) is 4.74 Å². The lowest BCUT2D eigenvalue weighted by Crippen LogP contribution is -2.64. The first kappa shape index (κ1) is 24.7. The van der Waals surface area contributed by atoms with Crippen LogP contribution in [0.2, 0.25) is 0 Å². The number of urea groups is 2. The Kier molecular flexibility index (Phi) is 6.56. The molecule has 35 heavy (non-hydrogen) atoms. The van der Waals surface area contributed by atoms with Gasteiger partial charge in [-0.15, -0.1) is 13.2 Å². The molecule has 14 heteroatoms. The molecule has 5 amide bonds. The van der Waals surface area contributed by atoms with Gasteiger partial charge in [-0.05, 0) is 18.9 Å². The molecule has 1 saturated carbocycles. The average Bonchev–Trinajstić information content (AvgIpc) is 3.54. The molecule has 1 spiro atoms. The minimum atomic E-state index is -4.95. The van der Waals surface area contributed by atoms with E-state index in [9.17, 15) is 31.9 Å². The van der Waals surface area contributed by atoms with E-state index in [-0.39, 0.29) is 43.8 Å². The number of likely N-dealkylation sites (tertiary alicyclic amines) is 1. The molecule has 0 radical (unpaired) electrons. The topological polar surface area (TPSA) is 112 Å². The third kappa shape index (κ3) is 5.80. The van der Waals surface area contributed by atoms with E-state index in [1.807, 2.05) is 0 Å². The zero-order chi connectivity index (χ0) is 25.4. The lowest BCUT2D eigenvalue weighted by Gasteiger charge is -2.46. The highest BCUT2D eigenvalue weighted by molar-refractivity contribution is 5.77. The van der Waals surface area contributed by atoms with Crippen LogP contribution in [-0.2, 0) is 11.3 Å². The summed E-state index contributed by atoms with van der Waals surface area (Å²) < 4.78 is 60.5. The number of alkyl carbamates (subject to hydrolysis) is 1. The first-order valence-corrected chi connectivity index (χ1v) is 11.0. The van der Waals surface area contributed by atoms with Gasteiger partial charge in [0.05, 0.1) is 19.1 Å². The Labute approximate surface area is 197 Å². The van der Waals surface area contributed by atoms with Crippen LogP contribution in [0.15, 0.2) is 18.2 Å². The molecule has 2 unspecified atom stereocenters. The molecule has 2 atom stereocenters. The maximum Gasteiger partial charge on any atom is 0.573 e. The summed E-state index contributed by atoms with van der Waals surface area (Å²) in [7, 11) is 1.47. The van der Waals surface area contributed by atoms with E-state index in [0.29, 0.717) is 12.5 Å². The van der Waals surface area contributed by atoms with Crippen LogP contribution in [0.25, 0.3) is 0 Å². The van der Waals surface area contributed by atoms with Gasteiger partial charge in [0, 0.05) is 44.2 Å². The number of amides is 5. The normalized spacial score (nSPS) is 24.0. The van der Waals surface area contributed by atoms with E-state index in [0.717, 1.165) is 25.0 Å². The number of nitrogens with zero attached hydrogens (tertiary/aromatic N) is 2. The van der Waals surface area contributed by atoms with Crippen molar-refractivity contribution in [1.29, 1.82) is 0 Å². The highest BCUT2D eigenvalue weighted by atomic mass is 19.4. The van der Waals surface area contributed by atoms with E-state index >= 15 is 0 Å². The van der Waals surface area contributed by atoms with Gasteiger partial charge in [0.15, 0.2) is 5.60 Å². The molecule has 0 aromatic heterocycles. The van der Waals surface area contributed by atoms with Crippen molar-refractivity contribution >= 4 is 18.2 Å². The van der Waals surface area contributed by atoms with Crippen molar-refractivity contribution in [1.82, 2.24) is 25.8 Å². The zero-order valence-electron chi connectivity index (χ0n) is 18.8. The van der Waals surface area contributed by atoms with Crippen molar-refractivity contribution in [3.8, 4) is 5.75 Å². The molecule has 2 saturated heterocycles. The molecule has 3 N–H and O–H groups in total. The number of halogens is 4. The van der Waals surface area contributed by atoms with Gasteiger partial charge in [-0.3, -0.25) is 0 Å². The van der Waals surface area contributed by atoms with Gasteiger partial charge in [-0.25, -0.2) is 18.8 Å². The summed E-state index contributed by atoms with van der Waals surface area (Å²) in [5.74, 6) is -1.66. The molecule has 1 aliphatic carbocycles. The maximum absolute atomic E-state index is 14.3. The Morgan fingerprint density at radius 3 is 2.63 bits per heavy atom. The highest BCUT2D eigenvalue weighted by Gasteiger charge is 2.51. The average molecular weight is 503 g/mol. The fourth-order valence-corrected chi connectivity index (χ4v) is 4.54. The van der Waals surface area contributed by atoms with Crippen LogP contribution in [0.5, 0.6) is 5.75 Å². The van der Waals surface area contributed by atoms with E-state index in [1.54, 1.807) is 4.90 Å². The van der Waals surface area contributed by atoms with Crippen molar-refractivity contribution < 1.29 is 41.4 Å². The fraction of sp³-hybridized carbons (Fsp3) is 0.571. The van der Waals surface area contributed by atoms with Crippen LogP contribution in [-0.4, -0.2) is 78.7 Å². The van der Waals surface area contributed by atoms with Gasteiger partial charge in [-0.1, -0.05) is 6.07 Å². The van der Waals surface area contributed by atoms with Crippen molar-refractivity contribution in [3.63, 3.8) is 0 Å². The number of carbonyl (C=O) groups is 3. The van der Waals surface area contributed by atoms with Crippen LogP contribution < -0.4 is 20.7 Å². The molecule has 3 fully saturated rings. The molecule has 192 valence electrons. The number of benzene rings is 1. The monoisotopic (exact) mass is 503 g/mol. The standard InChI is InChI=1S/C21H25F4N5O5/c1-26-17(31)29-9-14(7-20(11-29)10-28-19(33)35-20)30(13-3-4-13)18(32)27-8-12-2-5-15(6-16(12)22)34-21(23,24)25/h2,5-6,13-14H,3-4,7-11H2,1H3,(H,26,31)(H,27,32)(H,28,33). The molecule has 3 aliphatic rings. The maximum atomic E-state index is 14.3. The highest BCUT2D eigenvalue weighted by Crippen LogP contribution is 2.36. The first-order valence-electron chi connectivity index (χ1n) is 11.0. The SMILES string of the molecule is CNC(=O)N1CC(N(C(=O)NCc2ccc(OC(F)(F)F)cc2F)C2CC2)CC2(CNC(=O)O2)C1. The summed E-state index contributed by atoms with van der Waals surface area (Å²) in [6.45, 7) is 0.293. The minimum Gasteiger partial charge on any atom is -0.439 e. The summed E-state index contributed by atoms with van der Waals surface area (Å²) in [5, 5.41) is 7.76. The molecule has 0 bridgehead atoms. The number of rotatable bonds is 5. The third-order valence-corrected chi connectivity index (χ3v) is 6.14. The summed E-state index contributed by atoms with van der Waals surface area (Å²) in [6, 6.07) is 1.19. The third-order valence-electron chi connectivity index (χ3n) is 6.14. The summed E-state index contributed by atoms with van der Waals surface area (Å²) in [4.78, 5) is 40.4. The largest absolute Gasteiger partial charge is 0.573 e. The van der Waals surface area contributed by atoms with E-state index < -0.39 is 41.7 Å². The Bertz CT molecular complexity index is 1000. The van der Waals surface area contributed by atoms with Crippen molar-refractivity contribution in [2.45, 2.75) is 49.9 Å². The molecule has 2 aliphatic heterocycles. The first-order chi connectivity index (χ1) is 16.5. The van der Waals surface area contributed by atoms with Gasteiger partial charge < -0.3 is 35.2 Å². The number of nitrogens with one attached hydrogen (secondary N) is 3. The van der Waals surface area contributed by atoms with Gasteiger partial charge in [0.1, 0.15) is 11.6 Å². The molecule has 1 aromatic rings. The molecular weight excluding hydrogens is 478 g/mol. The Morgan fingerprint density at radius 2 is 2.06 bits per heavy atom. The molecular formula is C21H25F4N5O5. The van der Waals surface area contributed by atoms with E-state index in [1.165, 1.54) is 11.9 Å². The molecule has 1 aromatic carbocycles. The van der Waals surface area contributed by atoms with Gasteiger partial charge in [0.25, 0.3) is 0 Å². The second kappa shape index (κ2) is 9.30. The van der Waals surface area contributed by atoms with Crippen molar-refractivity contribution in [2.24, 2.45) is 0 Å². The van der Waals surface area contributed by atoms with Gasteiger partial charge in [0.2, 0.25) is 0 Å². The lowest BCUT2D eigenvalue weighted by atomic mass is 9.89. The second-order valence-electron chi connectivity index (χ2n) is 8.82. The number of hydrogen-bond acceptors (Lipinski definition) is 5. The minimum absolute atomic E-state index is 0.0235. The quantitative estimate of drug-likeness (QED) is 0.534. The predicted molar refractivity (Wildman–Crippen MR) is 112 cm³/mol. The molecule has 2 heterocycles. The summed E-state index contributed by atoms with van der Waals surface area (Å²) in [6.07, 6.45) is -3.75. The van der Waals surface area contributed by atoms with Gasteiger partial charge >= 0.3 is 24.5 Å². The van der Waals surface area contributed by atoms with Crippen molar-refractivity contribution in [3.05, 3.63) is 29.6 Å². The number of alkyl halides is 3. The van der Waals surface area contributed by atoms with Gasteiger partial charge in [-0.2, -0.15) is 0 Å². The molecule has 10 nitrogen and oxygen atoms in total. The van der Waals surface area contributed by atoms with Crippen LogP contribution >= 0.6 is 0 Å². The molecule has 4 rings (SSSR count). The fourth-order valence-electron chi connectivity index (χ4n) is 4.54. The second-order valence-corrected chi connectivity index (χ2v) is 8.82. The van der Waals surface area contributed by atoms with Crippen LogP contribution in [0.4, 0.5) is 31.9 Å². The number of piperidine rings is 1. The van der Waals surface area contributed by atoms with Crippen LogP contribution in [0, 0.1) is 5.82 Å². The van der Waals surface area contributed by atoms with Crippen molar-refractivity contribution in [2.75, 3.05) is 26.7 Å². The van der Waals surface area contributed by atoms with Crippen LogP contribution in [0.3, 0.4) is 0 Å². The lowest BCUT2D eigenvalue weighted by molar-refractivity contribution is -0.274. The number of carbonyl (C=O) groups excluding carboxylic acids is 3. The number of hydrogen-bond donors (Lipinski definition) is 3. The number of ether oxygens (including phenoxy) is 2. The zero-order valence-corrected chi connectivity index (χ0v) is 18.8. The Hall–Kier alpha value is -3.45. The van der Waals surface area contributed by atoms with Crippen LogP contribution in [0.1, 0.15) is 24.8 Å². The summed E-state index contributed by atoms with van der Waals surface area (Å²) in [5.41, 5.74) is -1.01. The Morgan fingerprint density at radius 1 is 1.31 bits per heavy atom. The smallest absolute Gasteiger partial charge is 0.439 e.